The standard InChI is InChI=1S/C15H19F2N3O.ClH/c16-11-3-4-12(17)14(10-11)19-6-8-20(9-7-19)15(21)13-2-1-5-18-13;/h3-4,10,13,18H,1-2,5-9H2;1H. The van der Waals surface area contributed by atoms with Gasteiger partial charge in [-0.15, -0.1) is 12.4 Å². The lowest BCUT2D eigenvalue weighted by molar-refractivity contribution is -0.133. The monoisotopic (exact) mass is 331 g/mol. The zero-order valence-electron chi connectivity index (χ0n) is 12.2. The van der Waals surface area contributed by atoms with Crippen LogP contribution in [0.25, 0.3) is 0 Å². The first-order valence-corrected chi connectivity index (χ1v) is 7.37. The highest BCUT2D eigenvalue weighted by atomic mass is 35.5. The number of halogens is 3. The van der Waals surface area contributed by atoms with E-state index in [9.17, 15) is 13.6 Å². The van der Waals surface area contributed by atoms with Crippen LogP contribution in [0.3, 0.4) is 0 Å². The predicted octanol–water partition coefficient (Wildman–Crippen LogP) is 1.79. The number of anilines is 1. The summed E-state index contributed by atoms with van der Waals surface area (Å²) in [5, 5.41) is 3.20. The Morgan fingerprint density at radius 1 is 1.18 bits per heavy atom. The van der Waals surface area contributed by atoms with Crippen molar-refractivity contribution in [1.82, 2.24) is 10.2 Å². The van der Waals surface area contributed by atoms with Gasteiger partial charge in [-0.1, -0.05) is 0 Å². The first kappa shape index (κ1) is 17.0. The summed E-state index contributed by atoms with van der Waals surface area (Å²) in [7, 11) is 0. The smallest absolute Gasteiger partial charge is 0.239 e. The molecule has 1 amide bonds. The molecular formula is C15H20ClF2N3O. The average Bonchev–Trinajstić information content (AvgIpc) is 3.03. The van der Waals surface area contributed by atoms with Gasteiger partial charge in [0, 0.05) is 32.2 Å². The van der Waals surface area contributed by atoms with E-state index in [4.69, 9.17) is 0 Å². The SMILES string of the molecule is Cl.O=C(C1CCCN1)N1CCN(c2cc(F)ccc2F)CC1. The number of hydrogen-bond acceptors (Lipinski definition) is 3. The molecule has 22 heavy (non-hydrogen) atoms. The number of carbonyl (C=O) groups is 1. The molecule has 2 aliphatic heterocycles. The maximum atomic E-state index is 13.8. The van der Waals surface area contributed by atoms with Gasteiger partial charge in [0.25, 0.3) is 0 Å². The van der Waals surface area contributed by atoms with Gasteiger partial charge in [0.2, 0.25) is 5.91 Å². The molecule has 0 bridgehead atoms. The largest absolute Gasteiger partial charge is 0.366 e. The fraction of sp³-hybridized carbons (Fsp3) is 0.533. The fourth-order valence-electron chi connectivity index (χ4n) is 3.01. The number of piperazine rings is 1. The van der Waals surface area contributed by atoms with E-state index in [1.165, 1.54) is 6.07 Å². The molecule has 1 unspecified atom stereocenters. The van der Waals surface area contributed by atoms with Crippen molar-refractivity contribution in [2.45, 2.75) is 18.9 Å². The van der Waals surface area contributed by atoms with Gasteiger partial charge < -0.3 is 15.1 Å². The van der Waals surface area contributed by atoms with Crippen molar-refractivity contribution < 1.29 is 13.6 Å². The number of amides is 1. The number of benzene rings is 1. The predicted molar refractivity (Wildman–Crippen MR) is 83.4 cm³/mol. The summed E-state index contributed by atoms with van der Waals surface area (Å²) in [6.07, 6.45) is 1.92. The van der Waals surface area contributed by atoms with E-state index in [0.29, 0.717) is 26.2 Å². The molecule has 0 saturated carbocycles. The van der Waals surface area contributed by atoms with Crippen LogP contribution >= 0.6 is 12.4 Å². The van der Waals surface area contributed by atoms with Crippen LogP contribution in [0.4, 0.5) is 14.5 Å². The molecule has 122 valence electrons. The Hall–Kier alpha value is -1.40. The van der Waals surface area contributed by atoms with E-state index in [-0.39, 0.29) is 30.0 Å². The van der Waals surface area contributed by atoms with Crippen LogP contribution in [0.1, 0.15) is 12.8 Å². The van der Waals surface area contributed by atoms with Crippen LogP contribution in [0.2, 0.25) is 0 Å². The first-order chi connectivity index (χ1) is 10.1. The van der Waals surface area contributed by atoms with E-state index in [1.807, 2.05) is 4.90 Å². The minimum Gasteiger partial charge on any atom is -0.366 e. The normalized spacial score (nSPS) is 21.6. The van der Waals surface area contributed by atoms with Gasteiger partial charge >= 0.3 is 0 Å². The van der Waals surface area contributed by atoms with Crippen LogP contribution in [0, 0.1) is 11.6 Å². The molecule has 1 atom stereocenters. The quantitative estimate of drug-likeness (QED) is 0.897. The second-order valence-electron chi connectivity index (χ2n) is 5.56. The van der Waals surface area contributed by atoms with Gasteiger partial charge in [0.1, 0.15) is 11.6 Å². The Morgan fingerprint density at radius 2 is 1.91 bits per heavy atom. The molecule has 4 nitrogen and oxygen atoms in total. The number of nitrogens with one attached hydrogen (secondary N) is 1. The lowest BCUT2D eigenvalue weighted by atomic mass is 10.1. The molecule has 0 spiro atoms. The van der Waals surface area contributed by atoms with Crippen molar-refractivity contribution in [2.24, 2.45) is 0 Å². The van der Waals surface area contributed by atoms with Crippen LogP contribution in [-0.2, 0) is 4.79 Å². The molecule has 2 saturated heterocycles. The maximum absolute atomic E-state index is 13.8. The Kier molecular flexibility index (Phi) is 5.58. The van der Waals surface area contributed by atoms with Gasteiger partial charge in [-0.2, -0.15) is 0 Å². The van der Waals surface area contributed by atoms with Gasteiger partial charge in [0.05, 0.1) is 11.7 Å². The van der Waals surface area contributed by atoms with Crippen molar-refractivity contribution in [1.29, 1.82) is 0 Å². The Bertz CT molecular complexity index is 530. The molecule has 1 aromatic carbocycles. The summed E-state index contributed by atoms with van der Waals surface area (Å²) < 4.78 is 27.0. The molecule has 2 heterocycles. The van der Waals surface area contributed by atoms with Gasteiger partial charge in [-0.25, -0.2) is 8.78 Å². The third-order valence-corrected chi connectivity index (χ3v) is 4.20. The van der Waals surface area contributed by atoms with Gasteiger partial charge in [-0.05, 0) is 31.5 Å². The van der Waals surface area contributed by atoms with Gasteiger partial charge in [-0.3, -0.25) is 4.79 Å². The number of carbonyl (C=O) groups excluding carboxylic acids is 1. The highest BCUT2D eigenvalue weighted by molar-refractivity contribution is 5.85. The first-order valence-electron chi connectivity index (χ1n) is 7.37. The minimum absolute atomic E-state index is 0. The molecule has 2 fully saturated rings. The van der Waals surface area contributed by atoms with Crippen molar-refractivity contribution in [2.75, 3.05) is 37.6 Å². The summed E-state index contributed by atoms with van der Waals surface area (Å²) in [6.45, 7) is 3.04. The summed E-state index contributed by atoms with van der Waals surface area (Å²) in [5.41, 5.74) is 0.279. The highest BCUT2D eigenvalue weighted by Gasteiger charge is 2.29. The van der Waals surface area contributed by atoms with Crippen molar-refractivity contribution >= 4 is 24.0 Å². The van der Waals surface area contributed by atoms with E-state index in [0.717, 1.165) is 31.5 Å². The third-order valence-electron chi connectivity index (χ3n) is 4.20. The van der Waals surface area contributed by atoms with Crippen molar-refractivity contribution in [3.05, 3.63) is 29.8 Å². The number of nitrogens with zero attached hydrogens (tertiary/aromatic N) is 2. The second-order valence-corrected chi connectivity index (χ2v) is 5.56. The lowest BCUT2D eigenvalue weighted by Gasteiger charge is -2.37. The lowest BCUT2D eigenvalue weighted by Crippen LogP contribution is -2.53. The Labute approximate surface area is 134 Å². The van der Waals surface area contributed by atoms with E-state index < -0.39 is 11.6 Å². The zero-order valence-corrected chi connectivity index (χ0v) is 13.0. The zero-order chi connectivity index (χ0) is 14.8. The second kappa shape index (κ2) is 7.24. The summed E-state index contributed by atoms with van der Waals surface area (Å²) in [6, 6.07) is 3.41. The van der Waals surface area contributed by atoms with Crippen molar-refractivity contribution in [3.63, 3.8) is 0 Å². The molecular weight excluding hydrogens is 312 g/mol. The van der Waals surface area contributed by atoms with Crippen LogP contribution in [0.15, 0.2) is 18.2 Å². The summed E-state index contributed by atoms with van der Waals surface area (Å²) in [4.78, 5) is 15.9. The summed E-state index contributed by atoms with van der Waals surface area (Å²) in [5.74, 6) is -0.736. The minimum atomic E-state index is -0.444. The van der Waals surface area contributed by atoms with Crippen molar-refractivity contribution in [3.8, 4) is 0 Å². The molecule has 3 rings (SSSR count). The fourth-order valence-corrected chi connectivity index (χ4v) is 3.01. The number of hydrogen-bond donors (Lipinski definition) is 1. The van der Waals surface area contributed by atoms with Crippen LogP contribution in [-0.4, -0.2) is 49.6 Å². The maximum Gasteiger partial charge on any atom is 0.239 e. The molecule has 7 heteroatoms. The van der Waals surface area contributed by atoms with Gasteiger partial charge in [0.15, 0.2) is 0 Å². The summed E-state index contributed by atoms with van der Waals surface area (Å²) >= 11 is 0. The van der Waals surface area contributed by atoms with Crippen LogP contribution < -0.4 is 10.2 Å². The molecule has 1 N–H and O–H groups in total. The average molecular weight is 332 g/mol. The third kappa shape index (κ3) is 3.50. The topological polar surface area (TPSA) is 35.6 Å². The molecule has 0 radical (unpaired) electrons. The van der Waals surface area contributed by atoms with E-state index >= 15 is 0 Å². The van der Waals surface area contributed by atoms with E-state index in [2.05, 4.69) is 5.32 Å². The Balaban J connectivity index is 0.00000176. The molecule has 0 aliphatic carbocycles. The molecule has 1 aromatic rings. The molecule has 2 aliphatic rings. The number of rotatable bonds is 2. The highest BCUT2D eigenvalue weighted by Crippen LogP contribution is 2.22. The molecule has 0 aromatic heterocycles. The van der Waals surface area contributed by atoms with E-state index in [1.54, 1.807) is 4.90 Å². The Morgan fingerprint density at radius 3 is 2.55 bits per heavy atom. The van der Waals surface area contributed by atoms with Crippen LogP contribution in [0.5, 0.6) is 0 Å².